The number of rotatable bonds is 3. The van der Waals surface area contributed by atoms with E-state index >= 15 is 0 Å². The minimum absolute atomic E-state index is 0.582. The van der Waals surface area contributed by atoms with Crippen LogP contribution >= 0.6 is 0 Å². The highest BCUT2D eigenvalue weighted by Gasteiger charge is 2.19. The van der Waals surface area contributed by atoms with E-state index < -0.39 is 6.09 Å². The molecule has 0 atom stereocenters. The Morgan fingerprint density at radius 1 is 1.14 bits per heavy atom. The molecular formula is C15H18N4O2. The lowest BCUT2D eigenvalue weighted by atomic mass is 10.2. The average Bonchev–Trinajstić information content (AvgIpc) is 2.53. The second-order valence-corrected chi connectivity index (χ2v) is 5.21. The van der Waals surface area contributed by atoms with Gasteiger partial charge in [-0.3, -0.25) is 9.88 Å². The first-order chi connectivity index (χ1) is 10.2. The summed E-state index contributed by atoms with van der Waals surface area (Å²) in [6, 6.07) is 7.85. The molecule has 2 aromatic rings. The number of aromatic nitrogens is 2. The summed E-state index contributed by atoms with van der Waals surface area (Å²) in [4.78, 5) is 23.6. The highest BCUT2D eigenvalue weighted by atomic mass is 16.4. The zero-order valence-corrected chi connectivity index (χ0v) is 11.8. The summed E-state index contributed by atoms with van der Waals surface area (Å²) in [5.74, 6) is 0. The van der Waals surface area contributed by atoms with Crippen molar-refractivity contribution in [1.82, 2.24) is 19.8 Å². The van der Waals surface area contributed by atoms with Crippen LogP contribution in [0, 0.1) is 0 Å². The number of amides is 1. The third-order valence-corrected chi connectivity index (χ3v) is 3.83. The standard InChI is InChI=1S/C15H18N4O2/c20-15(21)19-9-7-18(8-10-19)6-5-12-11-16-13-3-1-2-4-14(13)17-12/h1-4,11H,5-10H2,(H,20,21). The van der Waals surface area contributed by atoms with Crippen LogP contribution in [0.1, 0.15) is 5.69 Å². The number of nitrogens with zero attached hydrogens (tertiary/aromatic N) is 4. The van der Waals surface area contributed by atoms with Crippen molar-refractivity contribution in [2.24, 2.45) is 0 Å². The lowest BCUT2D eigenvalue weighted by Crippen LogP contribution is -2.48. The van der Waals surface area contributed by atoms with Crippen LogP contribution in [0.5, 0.6) is 0 Å². The topological polar surface area (TPSA) is 69.6 Å². The van der Waals surface area contributed by atoms with Gasteiger partial charge in [-0.25, -0.2) is 9.78 Å². The van der Waals surface area contributed by atoms with Gasteiger partial charge in [-0.2, -0.15) is 0 Å². The summed E-state index contributed by atoms with van der Waals surface area (Å²) >= 11 is 0. The molecule has 2 heterocycles. The van der Waals surface area contributed by atoms with Crippen molar-refractivity contribution in [3.8, 4) is 0 Å². The van der Waals surface area contributed by atoms with Crippen LogP contribution in [0.3, 0.4) is 0 Å². The molecule has 110 valence electrons. The first-order valence-corrected chi connectivity index (χ1v) is 7.13. The third kappa shape index (κ3) is 3.28. The Hall–Kier alpha value is -2.21. The Morgan fingerprint density at radius 3 is 2.57 bits per heavy atom. The van der Waals surface area contributed by atoms with Gasteiger partial charge in [-0.1, -0.05) is 12.1 Å². The molecule has 3 rings (SSSR count). The van der Waals surface area contributed by atoms with E-state index in [0.29, 0.717) is 13.1 Å². The Kier molecular flexibility index (Phi) is 3.96. The van der Waals surface area contributed by atoms with Crippen molar-refractivity contribution in [3.05, 3.63) is 36.2 Å². The van der Waals surface area contributed by atoms with Gasteiger partial charge in [0.1, 0.15) is 0 Å². The molecule has 1 N–H and O–H groups in total. The monoisotopic (exact) mass is 286 g/mol. The van der Waals surface area contributed by atoms with Gasteiger partial charge in [-0.05, 0) is 12.1 Å². The highest BCUT2D eigenvalue weighted by Crippen LogP contribution is 2.10. The summed E-state index contributed by atoms with van der Waals surface area (Å²) in [5.41, 5.74) is 2.82. The summed E-state index contributed by atoms with van der Waals surface area (Å²) in [7, 11) is 0. The van der Waals surface area contributed by atoms with Crippen molar-refractivity contribution in [3.63, 3.8) is 0 Å². The number of piperazine rings is 1. The van der Waals surface area contributed by atoms with Crippen molar-refractivity contribution in [1.29, 1.82) is 0 Å². The summed E-state index contributed by atoms with van der Waals surface area (Å²) in [6.07, 6.45) is 1.84. The van der Waals surface area contributed by atoms with Crippen LogP contribution in [0.15, 0.2) is 30.5 Å². The average molecular weight is 286 g/mol. The predicted octanol–water partition coefficient (Wildman–Crippen LogP) is 1.47. The fraction of sp³-hybridized carbons (Fsp3) is 0.400. The zero-order valence-electron chi connectivity index (χ0n) is 11.8. The van der Waals surface area contributed by atoms with Gasteiger partial charge in [0.15, 0.2) is 0 Å². The molecule has 1 aliphatic heterocycles. The van der Waals surface area contributed by atoms with Gasteiger partial charge in [0.05, 0.1) is 16.7 Å². The Bertz CT molecular complexity index is 638. The fourth-order valence-corrected chi connectivity index (χ4v) is 2.55. The molecule has 0 saturated carbocycles. The van der Waals surface area contributed by atoms with Crippen molar-refractivity contribution in [2.45, 2.75) is 6.42 Å². The molecule has 0 radical (unpaired) electrons. The maximum Gasteiger partial charge on any atom is 0.407 e. The zero-order chi connectivity index (χ0) is 14.7. The van der Waals surface area contributed by atoms with Crippen molar-refractivity contribution in [2.75, 3.05) is 32.7 Å². The van der Waals surface area contributed by atoms with Crippen LogP contribution in [0.2, 0.25) is 0 Å². The molecule has 1 fully saturated rings. The van der Waals surface area contributed by atoms with E-state index in [1.165, 1.54) is 4.90 Å². The number of fused-ring (bicyclic) bond motifs is 1. The first-order valence-electron chi connectivity index (χ1n) is 7.13. The molecule has 0 unspecified atom stereocenters. The van der Waals surface area contributed by atoms with E-state index in [1.54, 1.807) is 0 Å². The third-order valence-electron chi connectivity index (χ3n) is 3.83. The molecule has 1 aromatic heterocycles. The molecule has 0 aliphatic carbocycles. The smallest absolute Gasteiger partial charge is 0.407 e. The molecule has 6 nitrogen and oxygen atoms in total. The largest absolute Gasteiger partial charge is 0.465 e. The Balaban J connectivity index is 1.56. The highest BCUT2D eigenvalue weighted by molar-refractivity contribution is 5.73. The minimum Gasteiger partial charge on any atom is -0.465 e. The quantitative estimate of drug-likeness (QED) is 0.925. The number of para-hydroxylation sites is 2. The van der Waals surface area contributed by atoms with Crippen LogP contribution in [0.4, 0.5) is 4.79 Å². The lowest BCUT2D eigenvalue weighted by molar-refractivity contribution is 0.106. The van der Waals surface area contributed by atoms with E-state index in [9.17, 15) is 4.79 Å². The SMILES string of the molecule is O=C(O)N1CCN(CCc2cnc3ccccc3n2)CC1. The summed E-state index contributed by atoms with van der Waals surface area (Å²) in [5, 5.41) is 8.92. The van der Waals surface area contributed by atoms with E-state index in [0.717, 1.165) is 42.8 Å². The van der Waals surface area contributed by atoms with Gasteiger partial charge in [0.2, 0.25) is 0 Å². The van der Waals surface area contributed by atoms with E-state index in [-0.39, 0.29) is 0 Å². The molecule has 6 heteroatoms. The Labute approximate surface area is 123 Å². The molecule has 0 bridgehead atoms. The molecular weight excluding hydrogens is 268 g/mol. The van der Waals surface area contributed by atoms with E-state index in [2.05, 4.69) is 14.9 Å². The normalized spacial score (nSPS) is 16.3. The van der Waals surface area contributed by atoms with Crippen LogP contribution in [-0.4, -0.2) is 63.7 Å². The Morgan fingerprint density at radius 2 is 1.86 bits per heavy atom. The number of hydrogen-bond acceptors (Lipinski definition) is 4. The first kappa shape index (κ1) is 13.8. The number of carboxylic acid groups (broad SMARTS) is 1. The van der Waals surface area contributed by atoms with Gasteiger partial charge >= 0.3 is 6.09 Å². The predicted molar refractivity (Wildman–Crippen MR) is 79.3 cm³/mol. The summed E-state index contributed by atoms with van der Waals surface area (Å²) < 4.78 is 0. The van der Waals surface area contributed by atoms with E-state index in [1.807, 2.05) is 30.5 Å². The van der Waals surface area contributed by atoms with Crippen LogP contribution in [-0.2, 0) is 6.42 Å². The van der Waals surface area contributed by atoms with Crippen LogP contribution in [0.25, 0.3) is 11.0 Å². The number of carbonyl (C=O) groups is 1. The van der Waals surface area contributed by atoms with Crippen molar-refractivity contribution >= 4 is 17.1 Å². The van der Waals surface area contributed by atoms with Crippen molar-refractivity contribution < 1.29 is 9.90 Å². The lowest BCUT2D eigenvalue weighted by Gasteiger charge is -2.32. The molecule has 0 spiro atoms. The minimum atomic E-state index is -0.824. The van der Waals surface area contributed by atoms with Gasteiger partial charge in [0.25, 0.3) is 0 Å². The number of hydrogen-bond donors (Lipinski definition) is 1. The second-order valence-electron chi connectivity index (χ2n) is 5.21. The second kappa shape index (κ2) is 6.05. The molecule has 1 saturated heterocycles. The van der Waals surface area contributed by atoms with E-state index in [4.69, 9.17) is 5.11 Å². The maximum atomic E-state index is 10.9. The molecule has 1 amide bonds. The summed E-state index contributed by atoms with van der Waals surface area (Å²) in [6.45, 7) is 3.62. The van der Waals surface area contributed by atoms with Gasteiger partial charge in [0, 0.05) is 45.3 Å². The molecule has 1 aromatic carbocycles. The van der Waals surface area contributed by atoms with Gasteiger partial charge < -0.3 is 10.0 Å². The molecule has 21 heavy (non-hydrogen) atoms. The van der Waals surface area contributed by atoms with Gasteiger partial charge in [-0.15, -0.1) is 0 Å². The maximum absolute atomic E-state index is 10.9. The molecule has 1 aliphatic rings. The van der Waals surface area contributed by atoms with Crippen LogP contribution < -0.4 is 0 Å². The number of benzene rings is 1. The fourth-order valence-electron chi connectivity index (χ4n) is 2.55.